The van der Waals surface area contributed by atoms with Crippen LogP contribution < -0.4 is 5.56 Å². The Labute approximate surface area is 273 Å². The van der Waals surface area contributed by atoms with Crippen molar-refractivity contribution in [1.29, 1.82) is 0 Å². The molecular weight excluding hydrogens is 592 g/mol. The van der Waals surface area contributed by atoms with E-state index in [1.807, 2.05) is 54.1 Å². The SMILES string of the molecule is CCCC(OCC12CCC(CC1)n1cc(Cc3ccc(-c4ccccc4-c4nnn[nH]4)cc3)c(=O)n12)c1ccccc1C(=O)OCC. The van der Waals surface area contributed by atoms with Crippen molar-refractivity contribution in [3.63, 3.8) is 0 Å². The normalized spacial score (nSPS) is 19.0. The molecule has 5 aromatic rings. The first-order valence-corrected chi connectivity index (χ1v) is 16.6. The monoisotopic (exact) mass is 632 g/mol. The number of hydrogen-bond donors (Lipinski definition) is 1. The number of aromatic amines is 1. The maximum Gasteiger partial charge on any atom is 0.338 e. The number of carbonyl (C=O) groups excluding carboxylic acids is 1. The minimum atomic E-state index is -0.419. The van der Waals surface area contributed by atoms with Gasteiger partial charge in [0.1, 0.15) is 0 Å². The van der Waals surface area contributed by atoms with Gasteiger partial charge in [-0.05, 0) is 77.8 Å². The number of nitrogens with one attached hydrogen (secondary N) is 1. The quantitative estimate of drug-likeness (QED) is 0.153. The summed E-state index contributed by atoms with van der Waals surface area (Å²) in [7, 11) is 0. The summed E-state index contributed by atoms with van der Waals surface area (Å²) in [5.41, 5.74) is 5.91. The molecule has 242 valence electrons. The molecule has 10 heteroatoms. The minimum absolute atomic E-state index is 0.0595. The van der Waals surface area contributed by atoms with Crippen molar-refractivity contribution in [2.24, 2.45) is 0 Å². The van der Waals surface area contributed by atoms with Crippen LogP contribution >= 0.6 is 0 Å². The largest absolute Gasteiger partial charge is 0.462 e. The second-order valence-corrected chi connectivity index (χ2v) is 12.7. The number of carbonyl (C=O) groups is 1. The van der Waals surface area contributed by atoms with Gasteiger partial charge in [-0.25, -0.2) is 14.6 Å². The highest BCUT2D eigenvalue weighted by molar-refractivity contribution is 5.91. The number of tetrazole rings is 1. The molecule has 0 saturated heterocycles. The van der Waals surface area contributed by atoms with Gasteiger partial charge in [-0.3, -0.25) is 9.48 Å². The second-order valence-electron chi connectivity index (χ2n) is 12.7. The maximum atomic E-state index is 14.1. The Morgan fingerprint density at radius 2 is 1.74 bits per heavy atom. The van der Waals surface area contributed by atoms with Crippen LogP contribution in [0, 0.1) is 0 Å². The van der Waals surface area contributed by atoms with Gasteiger partial charge in [-0.1, -0.05) is 80.1 Å². The fraction of sp³-hybridized carbons (Fsp3) is 0.378. The lowest BCUT2D eigenvalue weighted by Crippen LogP contribution is -2.54. The Balaban J connectivity index is 1.13. The van der Waals surface area contributed by atoms with Gasteiger partial charge in [0, 0.05) is 23.7 Å². The highest BCUT2D eigenvalue weighted by Gasteiger charge is 2.46. The van der Waals surface area contributed by atoms with E-state index in [2.05, 4.69) is 68.8 Å². The van der Waals surface area contributed by atoms with E-state index in [1.54, 1.807) is 0 Å². The van der Waals surface area contributed by atoms with Crippen LogP contribution in [0.15, 0.2) is 83.8 Å². The van der Waals surface area contributed by atoms with E-state index in [1.165, 1.54) is 0 Å². The van der Waals surface area contributed by atoms with E-state index < -0.39 is 5.54 Å². The molecule has 0 amide bonds. The lowest BCUT2D eigenvalue weighted by Gasteiger charge is -2.48. The lowest BCUT2D eigenvalue weighted by molar-refractivity contribution is -0.0640. The van der Waals surface area contributed by atoms with Gasteiger partial charge < -0.3 is 9.47 Å². The van der Waals surface area contributed by atoms with Crippen molar-refractivity contribution < 1.29 is 14.3 Å². The molecule has 2 aliphatic heterocycles. The molecule has 0 spiro atoms. The summed E-state index contributed by atoms with van der Waals surface area (Å²) in [5.74, 6) is 0.289. The fourth-order valence-corrected chi connectivity index (χ4v) is 7.44. The Morgan fingerprint density at radius 1 is 1.00 bits per heavy atom. The van der Waals surface area contributed by atoms with Crippen LogP contribution in [0.25, 0.3) is 22.5 Å². The summed E-state index contributed by atoms with van der Waals surface area (Å²) in [6.07, 6.45) is 7.85. The highest BCUT2D eigenvalue weighted by Crippen LogP contribution is 2.46. The van der Waals surface area contributed by atoms with E-state index >= 15 is 0 Å². The summed E-state index contributed by atoms with van der Waals surface area (Å²) < 4.78 is 16.3. The van der Waals surface area contributed by atoms with Crippen molar-refractivity contribution in [3.05, 3.63) is 112 Å². The summed E-state index contributed by atoms with van der Waals surface area (Å²) in [6, 6.07) is 24.3. The summed E-state index contributed by atoms with van der Waals surface area (Å²) in [5, 5.41) is 14.4. The zero-order valence-electron chi connectivity index (χ0n) is 26.9. The molecule has 1 atom stereocenters. The fourth-order valence-electron chi connectivity index (χ4n) is 7.44. The molecule has 1 unspecified atom stereocenters. The van der Waals surface area contributed by atoms with Gasteiger partial charge in [-0.2, -0.15) is 0 Å². The number of rotatable bonds is 12. The first kappa shape index (κ1) is 30.8. The van der Waals surface area contributed by atoms with E-state index in [4.69, 9.17) is 9.47 Å². The Bertz CT molecular complexity index is 1900. The minimum Gasteiger partial charge on any atom is -0.462 e. The molecule has 0 radical (unpaired) electrons. The number of nitrogens with zero attached hydrogens (tertiary/aromatic N) is 5. The van der Waals surface area contributed by atoms with Crippen LogP contribution in [0.5, 0.6) is 0 Å². The molecule has 1 N–H and O–H groups in total. The molecule has 2 bridgehead atoms. The van der Waals surface area contributed by atoms with E-state index in [9.17, 15) is 9.59 Å². The van der Waals surface area contributed by atoms with Gasteiger partial charge in [0.05, 0.1) is 36.5 Å². The van der Waals surface area contributed by atoms with Crippen molar-refractivity contribution in [3.8, 4) is 22.5 Å². The predicted molar refractivity (Wildman–Crippen MR) is 178 cm³/mol. The standard InChI is InChI=1S/C37H40N6O4/c1-3-9-33(30-11-6-8-13-32(30)36(45)46-4-2)47-24-37-20-18-28(19-21-37)42-23-27(35(44)43(37)42)22-25-14-16-26(17-15-25)29-10-5-7-12-31(29)34-38-40-41-39-34/h5-8,10-17,23,28,33H,3-4,9,18-22,24H2,1-2H3,(H,38,39,40,41). The second kappa shape index (κ2) is 13.1. The van der Waals surface area contributed by atoms with Gasteiger partial charge in [0.15, 0.2) is 5.82 Å². The molecule has 3 aromatic carbocycles. The topological polar surface area (TPSA) is 117 Å². The molecule has 1 fully saturated rings. The van der Waals surface area contributed by atoms with Crippen LogP contribution in [0.1, 0.15) is 91.6 Å². The number of H-pyrrole nitrogens is 1. The van der Waals surface area contributed by atoms with Crippen molar-refractivity contribution in [2.45, 2.75) is 76.5 Å². The van der Waals surface area contributed by atoms with Crippen LogP contribution in [0.2, 0.25) is 0 Å². The molecule has 2 aromatic heterocycles. The number of hydrogen-bond acceptors (Lipinski definition) is 7. The van der Waals surface area contributed by atoms with Crippen LogP contribution in [0.4, 0.5) is 0 Å². The van der Waals surface area contributed by atoms with E-state index in [0.717, 1.165) is 71.9 Å². The summed E-state index contributed by atoms with van der Waals surface area (Å²) in [4.78, 5) is 26.9. The molecule has 3 aliphatic rings. The van der Waals surface area contributed by atoms with Crippen LogP contribution in [-0.2, 0) is 21.4 Å². The van der Waals surface area contributed by atoms with Crippen molar-refractivity contribution >= 4 is 5.97 Å². The zero-order chi connectivity index (χ0) is 32.4. The smallest absolute Gasteiger partial charge is 0.338 e. The first-order valence-electron chi connectivity index (χ1n) is 16.6. The molecule has 8 rings (SSSR count). The molecular formula is C37H40N6O4. The zero-order valence-corrected chi connectivity index (χ0v) is 26.9. The van der Waals surface area contributed by atoms with Gasteiger partial charge >= 0.3 is 5.97 Å². The van der Waals surface area contributed by atoms with Crippen molar-refractivity contribution in [1.82, 2.24) is 30.0 Å². The number of ether oxygens (including phenoxy) is 2. The molecule has 1 saturated carbocycles. The summed E-state index contributed by atoms with van der Waals surface area (Å²) in [6.45, 7) is 4.67. The number of fused-ring (bicyclic) bond motifs is 2. The predicted octanol–water partition coefficient (Wildman–Crippen LogP) is 6.65. The number of benzene rings is 3. The Kier molecular flexibility index (Phi) is 8.60. The molecule has 47 heavy (non-hydrogen) atoms. The Morgan fingerprint density at radius 3 is 2.47 bits per heavy atom. The maximum absolute atomic E-state index is 14.1. The lowest BCUT2D eigenvalue weighted by atomic mass is 9.78. The average molecular weight is 633 g/mol. The molecule has 4 heterocycles. The number of esters is 1. The van der Waals surface area contributed by atoms with Gasteiger partial charge in [0.25, 0.3) is 5.56 Å². The third kappa shape index (κ3) is 5.82. The molecule has 10 nitrogen and oxygen atoms in total. The number of aromatic nitrogens is 6. The van der Waals surface area contributed by atoms with Crippen molar-refractivity contribution in [2.75, 3.05) is 13.2 Å². The van der Waals surface area contributed by atoms with Gasteiger partial charge in [0.2, 0.25) is 0 Å². The van der Waals surface area contributed by atoms with Crippen LogP contribution in [0.3, 0.4) is 0 Å². The highest BCUT2D eigenvalue weighted by atomic mass is 16.5. The van der Waals surface area contributed by atoms with Crippen LogP contribution in [-0.4, -0.2) is 49.2 Å². The van der Waals surface area contributed by atoms with Gasteiger partial charge in [-0.15, -0.1) is 5.10 Å². The average Bonchev–Trinajstić information content (AvgIpc) is 3.77. The van der Waals surface area contributed by atoms with E-state index in [0.29, 0.717) is 37.1 Å². The Hall–Kier alpha value is -4.83. The molecule has 1 aliphatic carbocycles. The van der Waals surface area contributed by atoms with E-state index in [-0.39, 0.29) is 17.6 Å². The summed E-state index contributed by atoms with van der Waals surface area (Å²) >= 11 is 0. The third-order valence-corrected chi connectivity index (χ3v) is 9.79. The first-order chi connectivity index (χ1) is 23.0. The third-order valence-electron chi connectivity index (χ3n) is 9.79.